The van der Waals surface area contributed by atoms with Crippen molar-refractivity contribution in [2.45, 2.75) is 13.5 Å². The van der Waals surface area contributed by atoms with Crippen LogP contribution < -0.4 is 14.8 Å². The van der Waals surface area contributed by atoms with E-state index in [9.17, 15) is 8.78 Å². The Morgan fingerprint density at radius 2 is 2.05 bits per heavy atom. The Morgan fingerprint density at radius 3 is 2.71 bits per heavy atom. The van der Waals surface area contributed by atoms with E-state index >= 15 is 0 Å². The highest BCUT2D eigenvalue weighted by Gasteiger charge is 2.13. The Hall–Kier alpha value is -2.44. The van der Waals surface area contributed by atoms with E-state index in [0.717, 1.165) is 0 Å². The molecule has 1 N–H and O–H groups in total. The van der Waals surface area contributed by atoms with Crippen molar-refractivity contribution in [2.75, 3.05) is 19.0 Å². The van der Waals surface area contributed by atoms with Gasteiger partial charge < -0.3 is 14.8 Å². The van der Waals surface area contributed by atoms with Crippen molar-refractivity contribution in [2.24, 2.45) is 0 Å². The normalized spacial score (nSPS) is 10.5. The molecule has 0 aliphatic rings. The van der Waals surface area contributed by atoms with E-state index in [2.05, 4.69) is 20.0 Å². The van der Waals surface area contributed by atoms with Crippen LogP contribution in [0.4, 0.5) is 14.6 Å². The lowest BCUT2D eigenvalue weighted by Crippen LogP contribution is -2.05. The van der Waals surface area contributed by atoms with Gasteiger partial charge in [0.2, 0.25) is 0 Å². The number of hydrogen-bond donors (Lipinski definition) is 1. The first-order chi connectivity index (χ1) is 10.1. The average Bonchev–Trinajstić information content (AvgIpc) is 2.49. The molecule has 0 saturated heterocycles. The fourth-order valence-electron chi connectivity index (χ4n) is 1.75. The number of halogens is 2. The summed E-state index contributed by atoms with van der Waals surface area (Å²) in [6.07, 6.45) is 1.61. The molecule has 0 bridgehead atoms. The second-order valence-corrected chi connectivity index (χ2v) is 3.99. The number of aromatic nitrogens is 2. The van der Waals surface area contributed by atoms with Crippen molar-refractivity contribution in [1.29, 1.82) is 0 Å². The minimum Gasteiger partial charge on any atom is -0.490 e. The molecule has 2 aromatic rings. The summed E-state index contributed by atoms with van der Waals surface area (Å²) >= 11 is 0. The van der Waals surface area contributed by atoms with Gasteiger partial charge in [0, 0.05) is 18.8 Å². The summed E-state index contributed by atoms with van der Waals surface area (Å²) in [5.41, 5.74) is 0.650. The molecule has 0 spiro atoms. The largest absolute Gasteiger partial charge is 0.490 e. The number of hydrogen-bond acceptors (Lipinski definition) is 5. The van der Waals surface area contributed by atoms with Crippen LogP contribution in [0, 0.1) is 0 Å². The lowest BCUT2D eigenvalue weighted by Gasteiger charge is -2.12. The number of nitrogens with one attached hydrogen (secondary N) is 1. The molecule has 0 amide bonds. The summed E-state index contributed by atoms with van der Waals surface area (Å²) < 4.78 is 34.5. The van der Waals surface area contributed by atoms with E-state index in [0.29, 0.717) is 23.8 Å². The third kappa shape index (κ3) is 3.77. The molecule has 1 aromatic heterocycles. The molecular weight excluding hydrogens is 280 g/mol. The molecule has 1 aromatic carbocycles. The zero-order valence-electron chi connectivity index (χ0n) is 11.6. The minimum atomic E-state index is -2.90. The molecule has 21 heavy (non-hydrogen) atoms. The van der Waals surface area contributed by atoms with E-state index in [1.165, 1.54) is 6.07 Å². The number of benzene rings is 1. The van der Waals surface area contributed by atoms with Crippen molar-refractivity contribution >= 4 is 5.82 Å². The monoisotopic (exact) mass is 295 g/mol. The van der Waals surface area contributed by atoms with E-state index in [1.54, 1.807) is 38.4 Å². The highest BCUT2D eigenvalue weighted by molar-refractivity contribution is 5.62. The summed E-state index contributed by atoms with van der Waals surface area (Å²) in [4.78, 5) is 8.44. The first kappa shape index (κ1) is 15.0. The molecule has 0 atom stereocenters. The van der Waals surface area contributed by atoms with E-state index < -0.39 is 6.61 Å². The van der Waals surface area contributed by atoms with E-state index in [4.69, 9.17) is 4.74 Å². The Labute approximate surface area is 120 Å². The molecule has 0 radical (unpaired) electrons. The quantitative estimate of drug-likeness (QED) is 0.887. The van der Waals surface area contributed by atoms with Gasteiger partial charge in [-0.1, -0.05) is 0 Å². The van der Waals surface area contributed by atoms with E-state index in [1.807, 2.05) is 0 Å². The number of ether oxygens (including phenoxy) is 2. The molecule has 112 valence electrons. The van der Waals surface area contributed by atoms with Gasteiger partial charge in [0.25, 0.3) is 0 Å². The SMILES string of the molecule is CCOc1cc(-c2nccc(NC)n2)ccc1OC(F)F. The van der Waals surface area contributed by atoms with E-state index in [-0.39, 0.29) is 11.5 Å². The molecular formula is C14H15F2N3O2. The van der Waals surface area contributed by atoms with Gasteiger partial charge in [0.15, 0.2) is 17.3 Å². The second kappa shape index (κ2) is 6.83. The van der Waals surface area contributed by atoms with Crippen molar-refractivity contribution in [1.82, 2.24) is 9.97 Å². The summed E-state index contributed by atoms with van der Waals surface area (Å²) in [5.74, 6) is 1.34. The fraction of sp³-hybridized carbons (Fsp3) is 0.286. The van der Waals surface area contributed by atoms with Gasteiger partial charge in [-0.2, -0.15) is 8.78 Å². The molecule has 1 heterocycles. The Bertz CT molecular complexity index is 609. The summed E-state index contributed by atoms with van der Waals surface area (Å²) in [5, 5.41) is 2.91. The second-order valence-electron chi connectivity index (χ2n) is 3.99. The van der Waals surface area contributed by atoms with Gasteiger partial charge in [-0.3, -0.25) is 0 Å². The topological polar surface area (TPSA) is 56.3 Å². The first-order valence-corrected chi connectivity index (χ1v) is 6.37. The number of nitrogens with zero attached hydrogens (tertiary/aromatic N) is 2. The third-order valence-electron chi connectivity index (χ3n) is 2.63. The summed E-state index contributed by atoms with van der Waals surface area (Å²) in [6.45, 7) is -0.809. The van der Waals surface area contributed by atoms with Crippen LogP contribution in [0.3, 0.4) is 0 Å². The zero-order valence-corrected chi connectivity index (χ0v) is 11.6. The molecule has 7 heteroatoms. The summed E-state index contributed by atoms with van der Waals surface area (Å²) in [6, 6.07) is 6.33. The van der Waals surface area contributed by atoms with Gasteiger partial charge in [0.05, 0.1) is 6.61 Å². The van der Waals surface area contributed by atoms with Gasteiger partial charge in [-0.25, -0.2) is 9.97 Å². The maximum absolute atomic E-state index is 12.4. The minimum absolute atomic E-state index is 0.0135. The molecule has 5 nitrogen and oxygen atoms in total. The standard InChI is InChI=1S/C14H15F2N3O2/c1-3-20-11-8-9(4-5-10(11)21-14(15)16)13-18-7-6-12(17-2)19-13/h4-8,14H,3H2,1-2H3,(H,17,18,19). The summed E-state index contributed by atoms with van der Waals surface area (Å²) in [7, 11) is 1.75. The highest BCUT2D eigenvalue weighted by Crippen LogP contribution is 2.32. The van der Waals surface area contributed by atoms with Gasteiger partial charge in [-0.05, 0) is 31.2 Å². The van der Waals surface area contributed by atoms with Gasteiger partial charge in [-0.15, -0.1) is 0 Å². The van der Waals surface area contributed by atoms with Crippen LogP contribution in [-0.2, 0) is 0 Å². The maximum atomic E-state index is 12.4. The predicted octanol–water partition coefficient (Wildman–Crippen LogP) is 3.19. The zero-order chi connectivity index (χ0) is 15.2. The first-order valence-electron chi connectivity index (χ1n) is 6.37. The van der Waals surface area contributed by atoms with Crippen molar-refractivity contribution in [3.63, 3.8) is 0 Å². The highest BCUT2D eigenvalue weighted by atomic mass is 19.3. The molecule has 0 saturated carbocycles. The Morgan fingerprint density at radius 1 is 1.24 bits per heavy atom. The third-order valence-corrected chi connectivity index (χ3v) is 2.63. The number of rotatable bonds is 6. The molecule has 0 unspecified atom stereocenters. The van der Waals surface area contributed by atoms with Crippen LogP contribution in [0.2, 0.25) is 0 Å². The van der Waals surface area contributed by atoms with Crippen LogP contribution in [0.25, 0.3) is 11.4 Å². The molecule has 0 aliphatic heterocycles. The maximum Gasteiger partial charge on any atom is 0.387 e. The predicted molar refractivity (Wildman–Crippen MR) is 74.8 cm³/mol. The van der Waals surface area contributed by atoms with Crippen LogP contribution in [0.15, 0.2) is 30.5 Å². The van der Waals surface area contributed by atoms with Gasteiger partial charge in [0.1, 0.15) is 5.82 Å². The van der Waals surface area contributed by atoms with Crippen LogP contribution in [0.5, 0.6) is 11.5 Å². The van der Waals surface area contributed by atoms with Crippen molar-refractivity contribution in [3.8, 4) is 22.9 Å². The lowest BCUT2D eigenvalue weighted by molar-refractivity contribution is -0.0514. The smallest absolute Gasteiger partial charge is 0.387 e. The van der Waals surface area contributed by atoms with Crippen LogP contribution in [0.1, 0.15) is 6.92 Å². The van der Waals surface area contributed by atoms with Gasteiger partial charge >= 0.3 is 6.61 Å². The van der Waals surface area contributed by atoms with Crippen LogP contribution >= 0.6 is 0 Å². The van der Waals surface area contributed by atoms with Crippen molar-refractivity contribution in [3.05, 3.63) is 30.5 Å². The molecule has 0 fully saturated rings. The average molecular weight is 295 g/mol. The van der Waals surface area contributed by atoms with Crippen molar-refractivity contribution < 1.29 is 18.3 Å². The lowest BCUT2D eigenvalue weighted by atomic mass is 10.2. The number of anilines is 1. The molecule has 0 aliphatic carbocycles. The molecule has 2 rings (SSSR count). The van der Waals surface area contributed by atoms with Crippen LogP contribution in [-0.4, -0.2) is 30.2 Å². The Balaban J connectivity index is 2.38. The fourth-order valence-corrected chi connectivity index (χ4v) is 1.75. The Kier molecular flexibility index (Phi) is 4.86. The number of alkyl halides is 2.